The minimum atomic E-state index is -2.17. The van der Waals surface area contributed by atoms with Crippen LogP contribution in [-0.4, -0.2) is 21.2 Å². The number of rotatable bonds is 3. The van der Waals surface area contributed by atoms with Crippen molar-refractivity contribution in [2.45, 2.75) is 18.6 Å². The Kier molecular flexibility index (Phi) is 3.52. The molecule has 24 heavy (non-hydrogen) atoms. The predicted molar refractivity (Wildman–Crippen MR) is 82.6 cm³/mol. The molecule has 0 bridgehead atoms. The van der Waals surface area contributed by atoms with Crippen molar-refractivity contribution in [1.29, 1.82) is 0 Å². The molecule has 0 spiro atoms. The Labute approximate surface area is 136 Å². The van der Waals surface area contributed by atoms with Crippen molar-refractivity contribution in [2.24, 2.45) is 0 Å². The molecule has 0 N–H and O–H groups in total. The number of fused-ring (bicyclic) bond motifs is 1. The molecule has 0 aliphatic carbocycles. The van der Waals surface area contributed by atoms with Gasteiger partial charge in [-0.2, -0.15) is 0 Å². The number of Topliss-reactive ketones (excluding diaryl/α,β-unsaturated/α-hetero) is 1. The van der Waals surface area contributed by atoms with E-state index in [0.29, 0.717) is 0 Å². The molecule has 2 unspecified atom stereocenters. The molecule has 0 saturated heterocycles. The number of ketones is 1. The second-order valence-electron chi connectivity index (χ2n) is 5.54. The Morgan fingerprint density at radius 1 is 1.04 bits per heavy atom. The second-order valence-corrected chi connectivity index (χ2v) is 5.54. The zero-order chi connectivity index (χ0) is 17.5. The Hall–Kier alpha value is -3.29. The molecule has 1 aliphatic heterocycles. The fourth-order valence-corrected chi connectivity index (χ4v) is 2.81. The average Bonchev–Trinajstić information content (AvgIpc) is 2.58. The van der Waals surface area contributed by atoms with E-state index in [2.05, 4.69) is 0 Å². The first-order chi connectivity index (χ1) is 11.4. The molecule has 0 fully saturated rings. The van der Waals surface area contributed by atoms with E-state index in [9.17, 15) is 25.0 Å². The van der Waals surface area contributed by atoms with Gasteiger partial charge in [0, 0.05) is 17.9 Å². The minimum Gasteiger partial charge on any atom is -0.477 e. The van der Waals surface area contributed by atoms with E-state index in [4.69, 9.17) is 4.74 Å². The highest BCUT2D eigenvalue weighted by Gasteiger charge is 2.60. The van der Waals surface area contributed by atoms with Crippen LogP contribution in [0.1, 0.15) is 28.9 Å². The van der Waals surface area contributed by atoms with Crippen molar-refractivity contribution in [3.8, 4) is 5.75 Å². The van der Waals surface area contributed by atoms with E-state index in [1.54, 1.807) is 12.1 Å². The van der Waals surface area contributed by atoms with Gasteiger partial charge in [0.05, 0.1) is 16.1 Å². The first-order valence-electron chi connectivity index (χ1n) is 7.05. The Balaban J connectivity index is 2.25. The van der Waals surface area contributed by atoms with Crippen molar-refractivity contribution >= 4 is 11.5 Å². The number of hydrogen-bond donors (Lipinski definition) is 0. The van der Waals surface area contributed by atoms with Crippen molar-refractivity contribution in [2.75, 3.05) is 0 Å². The molecule has 0 saturated carbocycles. The molecule has 0 amide bonds. The number of nitro benzene ring substituents is 1. The standard InChI is InChI=1S/C16H12N2O6/c1-16(18(22)23)14(19)11-7-3-5-9-13(11)24-15(16)10-6-2-4-8-12(10)17(20)21/h2-9,15H,1H3. The molecule has 0 aromatic heterocycles. The number of para-hydroxylation sites is 2. The summed E-state index contributed by atoms with van der Waals surface area (Å²) in [4.78, 5) is 34.3. The van der Waals surface area contributed by atoms with Gasteiger partial charge in [-0.1, -0.05) is 24.3 Å². The van der Waals surface area contributed by atoms with Crippen LogP contribution < -0.4 is 4.74 Å². The summed E-state index contributed by atoms with van der Waals surface area (Å²) in [5, 5.41) is 23.0. The lowest BCUT2D eigenvalue weighted by Gasteiger charge is -2.34. The molecule has 1 heterocycles. The Bertz CT molecular complexity index is 865. The summed E-state index contributed by atoms with van der Waals surface area (Å²) in [6.07, 6.45) is -1.41. The van der Waals surface area contributed by atoms with Crippen molar-refractivity contribution in [3.05, 3.63) is 79.9 Å². The van der Waals surface area contributed by atoms with Crippen LogP contribution in [0.5, 0.6) is 5.75 Å². The number of carbonyl (C=O) groups excluding carboxylic acids is 1. The molecule has 8 heteroatoms. The lowest BCUT2D eigenvalue weighted by atomic mass is 9.80. The van der Waals surface area contributed by atoms with Crippen LogP contribution in [0.15, 0.2) is 48.5 Å². The average molecular weight is 328 g/mol. The van der Waals surface area contributed by atoms with Gasteiger partial charge in [0.15, 0.2) is 0 Å². The van der Waals surface area contributed by atoms with Gasteiger partial charge >= 0.3 is 5.54 Å². The van der Waals surface area contributed by atoms with E-state index >= 15 is 0 Å². The Morgan fingerprint density at radius 2 is 1.67 bits per heavy atom. The number of ether oxygens (including phenoxy) is 1. The van der Waals surface area contributed by atoms with Crippen molar-refractivity contribution in [1.82, 2.24) is 0 Å². The molecule has 2 aromatic carbocycles. The summed E-state index contributed by atoms with van der Waals surface area (Å²) in [5.74, 6) is -0.567. The SMILES string of the molecule is CC1([N+](=O)[O-])C(=O)c2ccccc2OC1c1ccccc1[N+](=O)[O-]. The zero-order valence-corrected chi connectivity index (χ0v) is 12.5. The van der Waals surface area contributed by atoms with E-state index in [1.165, 1.54) is 36.4 Å². The largest absolute Gasteiger partial charge is 0.477 e. The third kappa shape index (κ3) is 2.11. The molecular formula is C16H12N2O6. The fourth-order valence-electron chi connectivity index (χ4n) is 2.81. The summed E-state index contributed by atoms with van der Waals surface area (Å²) in [7, 11) is 0. The van der Waals surface area contributed by atoms with Crippen LogP contribution in [0.25, 0.3) is 0 Å². The number of benzene rings is 2. The fraction of sp³-hybridized carbons (Fsp3) is 0.188. The van der Waals surface area contributed by atoms with Crippen LogP contribution in [0.4, 0.5) is 5.69 Å². The summed E-state index contributed by atoms with van der Waals surface area (Å²) < 4.78 is 5.69. The lowest BCUT2D eigenvalue weighted by Crippen LogP contribution is -2.53. The van der Waals surface area contributed by atoms with Gasteiger partial charge in [0.25, 0.3) is 5.69 Å². The van der Waals surface area contributed by atoms with E-state index in [-0.39, 0.29) is 22.6 Å². The van der Waals surface area contributed by atoms with E-state index < -0.39 is 27.3 Å². The highest BCUT2D eigenvalue weighted by Crippen LogP contribution is 2.44. The van der Waals surface area contributed by atoms with Gasteiger partial charge in [-0.25, -0.2) is 0 Å². The van der Waals surface area contributed by atoms with Gasteiger partial charge < -0.3 is 4.74 Å². The van der Waals surface area contributed by atoms with Crippen LogP contribution in [-0.2, 0) is 0 Å². The van der Waals surface area contributed by atoms with Crippen LogP contribution >= 0.6 is 0 Å². The molecule has 8 nitrogen and oxygen atoms in total. The molecular weight excluding hydrogens is 316 g/mol. The van der Waals surface area contributed by atoms with E-state index in [0.717, 1.165) is 6.92 Å². The lowest BCUT2D eigenvalue weighted by molar-refractivity contribution is -0.558. The first-order valence-corrected chi connectivity index (χ1v) is 7.05. The van der Waals surface area contributed by atoms with Crippen molar-refractivity contribution < 1.29 is 19.4 Å². The molecule has 122 valence electrons. The maximum atomic E-state index is 12.8. The Morgan fingerprint density at radius 3 is 2.33 bits per heavy atom. The molecule has 1 aliphatic rings. The maximum absolute atomic E-state index is 12.8. The molecule has 0 radical (unpaired) electrons. The van der Waals surface area contributed by atoms with Gasteiger partial charge in [-0.05, 0) is 18.2 Å². The summed E-state index contributed by atoms with van der Waals surface area (Å²) >= 11 is 0. The predicted octanol–water partition coefficient (Wildman–Crippen LogP) is 2.95. The molecule has 3 rings (SSSR count). The van der Waals surface area contributed by atoms with E-state index in [1.807, 2.05) is 0 Å². The quantitative estimate of drug-likeness (QED) is 0.632. The van der Waals surface area contributed by atoms with Crippen LogP contribution in [0.3, 0.4) is 0 Å². The van der Waals surface area contributed by atoms with Crippen LogP contribution in [0.2, 0.25) is 0 Å². The summed E-state index contributed by atoms with van der Waals surface area (Å²) in [5.41, 5.74) is -2.42. The highest BCUT2D eigenvalue weighted by atomic mass is 16.6. The second kappa shape index (κ2) is 5.41. The molecule has 2 aromatic rings. The number of nitrogens with zero attached hydrogens (tertiary/aromatic N) is 2. The third-order valence-corrected chi connectivity index (χ3v) is 4.14. The number of carbonyl (C=O) groups is 1. The van der Waals surface area contributed by atoms with Gasteiger partial charge in [-0.3, -0.25) is 25.0 Å². The van der Waals surface area contributed by atoms with Crippen molar-refractivity contribution in [3.63, 3.8) is 0 Å². The summed E-state index contributed by atoms with van der Waals surface area (Å²) in [6.45, 7) is 1.13. The topological polar surface area (TPSA) is 113 Å². The normalized spacial score (nSPS) is 22.4. The number of hydrogen-bond acceptors (Lipinski definition) is 6. The van der Waals surface area contributed by atoms with Gasteiger partial charge in [-0.15, -0.1) is 0 Å². The highest BCUT2D eigenvalue weighted by molar-refractivity contribution is 6.05. The summed E-state index contributed by atoms with van der Waals surface area (Å²) in [6, 6.07) is 11.7. The minimum absolute atomic E-state index is 0.00967. The van der Waals surface area contributed by atoms with Crippen LogP contribution in [0, 0.1) is 20.2 Å². The smallest absolute Gasteiger partial charge is 0.321 e. The number of nitro groups is 2. The first kappa shape index (κ1) is 15.6. The van der Waals surface area contributed by atoms with Gasteiger partial charge in [0.2, 0.25) is 11.9 Å². The third-order valence-electron chi connectivity index (χ3n) is 4.14. The molecule has 2 atom stereocenters. The maximum Gasteiger partial charge on any atom is 0.321 e. The zero-order valence-electron chi connectivity index (χ0n) is 12.5. The van der Waals surface area contributed by atoms with Gasteiger partial charge in [0.1, 0.15) is 5.75 Å². The monoisotopic (exact) mass is 328 g/mol.